The predicted octanol–water partition coefficient (Wildman–Crippen LogP) is 0.531. The molecule has 1 aliphatic rings. The minimum Gasteiger partial charge on any atom is -0.384 e. The summed E-state index contributed by atoms with van der Waals surface area (Å²) >= 11 is 0. The Hall–Kier alpha value is -1.05. The Kier molecular flexibility index (Phi) is 5.46. The summed E-state index contributed by atoms with van der Waals surface area (Å²) in [5.41, 5.74) is -0.412. The van der Waals surface area contributed by atoms with E-state index in [1.807, 2.05) is 6.92 Å². The molecule has 1 amide bonds. The van der Waals surface area contributed by atoms with Crippen LogP contribution in [0.15, 0.2) is 0 Å². The van der Waals surface area contributed by atoms with Gasteiger partial charge >= 0.3 is 0 Å². The number of nitrogens with one attached hydrogen (secondary N) is 2. The Morgan fingerprint density at radius 2 is 2.24 bits per heavy atom. The highest BCUT2D eigenvalue weighted by Crippen LogP contribution is 2.29. The summed E-state index contributed by atoms with van der Waals surface area (Å²) in [7, 11) is 1.63. The zero-order valence-corrected chi connectivity index (χ0v) is 10.7. The molecule has 2 N–H and O–H groups in total. The first kappa shape index (κ1) is 14.0. The van der Waals surface area contributed by atoms with Gasteiger partial charge in [-0.2, -0.15) is 0 Å². The first-order valence-electron chi connectivity index (χ1n) is 6.15. The standard InChI is InChI=1S/C13H22N2O2/c1-4-11(5-2)15-12(16)13(10-17-3)6-8-14-9-7-13/h1,11,14H,5-10H2,2-3H3,(H,15,16). The number of terminal acetylenes is 1. The van der Waals surface area contributed by atoms with E-state index >= 15 is 0 Å². The maximum Gasteiger partial charge on any atom is 0.229 e. The number of hydrogen-bond acceptors (Lipinski definition) is 3. The zero-order valence-electron chi connectivity index (χ0n) is 10.7. The maximum atomic E-state index is 12.3. The molecule has 0 aromatic carbocycles. The molecule has 0 radical (unpaired) electrons. The van der Waals surface area contributed by atoms with Crippen molar-refractivity contribution < 1.29 is 9.53 Å². The Balaban J connectivity index is 2.69. The van der Waals surface area contributed by atoms with Gasteiger partial charge in [0.2, 0.25) is 5.91 Å². The molecule has 96 valence electrons. The Morgan fingerprint density at radius 3 is 2.71 bits per heavy atom. The highest BCUT2D eigenvalue weighted by Gasteiger charge is 2.40. The van der Waals surface area contributed by atoms with Crippen molar-refractivity contribution in [2.45, 2.75) is 32.2 Å². The maximum absolute atomic E-state index is 12.3. The van der Waals surface area contributed by atoms with Gasteiger partial charge in [-0.3, -0.25) is 4.79 Å². The van der Waals surface area contributed by atoms with Gasteiger partial charge in [0.15, 0.2) is 0 Å². The van der Waals surface area contributed by atoms with Crippen LogP contribution in [0.5, 0.6) is 0 Å². The van der Waals surface area contributed by atoms with E-state index in [1.54, 1.807) is 7.11 Å². The molecule has 4 heteroatoms. The summed E-state index contributed by atoms with van der Waals surface area (Å²) < 4.78 is 5.21. The first-order chi connectivity index (χ1) is 8.18. The van der Waals surface area contributed by atoms with Gasteiger partial charge < -0.3 is 15.4 Å². The van der Waals surface area contributed by atoms with Crippen LogP contribution >= 0.6 is 0 Å². The second-order valence-corrected chi connectivity index (χ2v) is 4.56. The number of ether oxygens (including phenoxy) is 1. The number of rotatable bonds is 5. The molecule has 0 bridgehead atoms. The first-order valence-corrected chi connectivity index (χ1v) is 6.15. The van der Waals surface area contributed by atoms with Crippen molar-refractivity contribution in [1.29, 1.82) is 0 Å². The summed E-state index contributed by atoms with van der Waals surface area (Å²) in [5.74, 6) is 2.63. The molecule has 0 aromatic heterocycles. The molecular formula is C13H22N2O2. The van der Waals surface area contributed by atoms with Gasteiger partial charge in [-0.1, -0.05) is 12.8 Å². The van der Waals surface area contributed by atoms with Crippen LogP contribution in [0.4, 0.5) is 0 Å². The number of amides is 1. The molecule has 1 heterocycles. The molecular weight excluding hydrogens is 216 g/mol. The Bertz CT molecular complexity index is 285. The number of carbonyl (C=O) groups is 1. The van der Waals surface area contributed by atoms with Gasteiger partial charge in [-0.25, -0.2) is 0 Å². The van der Waals surface area contributed by atoms with Crippen molar-refractivity contribution in [3.05, 3.63) is 0 Å². The van der Waals surface area contributed by atoms with Gasteiger partial charge in [0.25, 0.3) is 0 Å². The zero-order chi connectivity index (χ0) is 12.7. The minimum atomic E-state index is -0.412. The molecule has 1 rings (SSSR count). The molecule has 0 aromatic rings. The molecule has 0 aliphatic carbocycles. The number of carbonyl (C=O) groups excluding carboxylic acids is 1. The van der Waals surface area contributed by atoms with Crippen LogP contribution in [0, 0.1) is 17.8 Å². The quantitative estimate of drug-likeness (QED) is 0.687. The van der Waals surface area contributed by atoms with Crippen molar-refractivity contribution in [3.8, 4) is 12.3 Å². The van der Waals surface area contributed by atoms with E-state index in [4.69, 9.17) is 11.2 Å². The average Bonchev–Trinajstić information content (AvgIpc) is 2.37. The fraction of sp³-hybridized carbons (Fsp3) is 0.769. The van der Waals surface area contributed by atoms with Crippen LogP contribution in [-0.2, 0) is 9.53 Å². The van der Waals surface area contributed by atoms with E-state index in [0.717, 1.165) is 32.4 Å². The summed E-state index contributed by atoms with van der Waals surface area (Å²) in [6.07, 6.45) is 7.72. The Morgan fingerprint density at radius 1 is 1.59 bits per heavy atom. The van der Waals surface area contributed by atoms with Gasteiger partial charge in [0.1, 0.15) is 0 Å². The Labute approximate surface area is 103 Å². The molecule has 1 saturated heterocycles. The van der Waals surface area contributed by atoms with Crippen molar-refractivity contribution >= 4 is 5.91 Å². The lowest BCUT2D eigenvalue weighted by atomic mass is 9.78. The minimum absolute atomic E-state index is 0.0330. The number of hydrogen-bond donors (Lipinski definition) is 2. The fourth-order valence-corrected chi connectivity index (χ4v) is 2.19. The van der Waals surface area contributed by atoms with Crippen LogP contribution in [0.2, 0.25) is 0 Å². The third-order valence-corrected chi connectivity index (χ3v) is 3.38. The molecule has 1 unspecified atom stereocenters. The second kappa shape index (κ2) is 6.63. The highest BCUT2D eigenvalue weighted by molar-refractivity contribution is 5.83. The summed E-state index contributed by atoms with van der Waals surface area (Å²) in [6.45, 7) is 4.13. The topological polar surface area (TPSA) is 50.4 Å². The van der Waals surface area contributed by atoms with Crippen molar-refractivity contribution in [2.24, 2.45) is 5.41 Å². The fourth-order valence-electron chi connectivity index (χ4n) is 2.19. The highest BCUT2D eigenvalue weighted by atomic mass is 16.5. The SMILES string of the molecule is C#CC(CC)NC(=O)C1(COC)CCNCC1. The van der Waals surface area contributed by atoms with Crippen LogP contribution in [0.3, 0.4) is 0 Å². The van der Waals surface area contributed by atoms with Crippen molar-refractivity contribution in [1.82, 2.24) is 10.6 Å². The smallest absolute Gasteiger partial charge is 0.229 e. The summed E-state index contributed by atoms with van der Waals surface area (Å²) in [4.78, 5) is 12.3. The second-order valence-electron chi connectivity index (χ2n) is 4.56. The van der Waals surface area contributed by atoms with E-state index in [9.17, 15) is 4.79 Å². The van der Waals surface area contributed by atoms with Crippen LogP contribution in [-0.4, -0.2) is 38.8 Å². The lowest BCUT2D eigenvalue weighted by Gasteiger charge is -2.36. The van der Waals surface area contributed by atoms with E-state index < -0.39 is 5.41 Å². The average molecular weight is 238 g/mol. The summed E-state index contributed by atoms with van der Waals surface area (Å²) in [5, 5.41) is 6.19. The lowest BCUT2D eigenvalue weighted by molar-refractivity contribution is -0.136. The molecule has 17 heavy (non-hydrogen) atoms. The van der Waals surface area contributed by atoms with Crippen molar-refractivity contribution in [3.63, 3.8) is 0 Å². The van der Waals surface area contributed by atoms with Crippen LogP contribution in [0.1, 0.15) is 26.2 Å². The van der Waals surface area contributed by atoms with Crippen molar-refractivity contribution in [2.75, 3.05) is 26.8 Å². The van der Waals surface area contributed by atoms with Gasteiger partial charge in [-0.05, 0) is 32.4 Å². The normalized spacial score (nSPS) is 20.3. The van der Waals surface area contributed by atoms with Gasteiger partial charge in [0, 0.05) is 7.11 Å². The number of methoxy groups -OCH3 is 1. The van der Waals surface area contributed by atoms with Gasteiger partial charge in [0.05, 0.1) is 18.1 Å². The largest absolute Gasteiger partial charge is 0.384 e. The molecule has 4 nitrogen and oxygen atoms in total. The molecule has 0 spiro atoms. The van der Waals surface area contributed by atoms with E-state index in [0.29, 0.717) is 6.61 Å². The molecule has 1 aliphatic heterocycles. The van der Waals surface area contributed by atoms with E-state index in [-0.39, 0.29) is 11.9 Å². The van der Waals surface area contributed by atoms with E-state index in [2.05, 4.69) is 16.6 Å². The lowest BCUT2D eigenvalue weighted by Crippen LogP contribution is -2.52. The summed E-state index contributed by atoms with van der Waals surface area (Å²) in [6, 6.07) is -0.175. The molecule has 1 atom stereocenters. The van der Waals surface area contributed by atoms with E-state index in [1.165, 1.54) is 0 Å². The third kappa shape index (κ3) is 3.45. The number of piperidine rings is 1. The predicted molar refractivity (Wildman–Crippen MR) is 67.5 cm³/mol. The van der Waals surface area contributed by atoms with Crippen LogP contribution < -0.4 is 10.6 Å². The third-order valence-electron chi connectivity index (χ3n) is 3.38. The molecule has 0 saturated carbocycles. The molecule has 1 fully saturated rings. The van der Waals surface area contributed by atoms with Gasteiger partial charge in [-0.15, -0.1) is 6.42 Å². The monoisotopic (exact) mass is 238 g/mol. The van der Waals surface area contributed by atoms with Crippen LogP contribution in [0.25, 0.3) is 0 Å².